The van der Waals surface area contributed by atoms with Gasteiger partial charge in [0.2, 0.25) is 0 Å². The zero-order valence-electron chi connectivity index (χ0n) is 10.2. The van der Waals surface area contributed by atoms with Crippen molar-refractivity contribution in [2.24, 2.45) is 5.92 Å². The number of esters is 1. The van der Waals surface area contributed by atoms with E-state index < -0.39 is 0 Å². The Morgan fingerprint density at radius 3 is 2.59 bits per heavy atom. The van der Waals surface area contributed by atoms with Gasteiger partial charge in [0.25, 0.3) is 0 Å². The Bertz CT molecular complexity index is 389. The molecule has 94 valence electrons. The monoisotopic (exact) mass is 255 g/mol. The van der Waals surface area contributed by atoms with Gasteiger partial charge in [-0.3, -0.25) is 0 Å². The van der Waals surface area contributed by atoms with Crippen LogP contribution < -0.4 is 5.73 Å². The summed E-state index contributed by atoms with van der Waals surface area (Å²) in [5, 5.41) is 0.333. The normalized spacial score (nSPS) is 10.6. The molecule has 0 unspecified atom stereocenters. The molecule has 1 rings (SSSR count). The van der Waals surface area contributed by atoms with Crippen molar-refractivity contribution < 1.29 is 9.53 Å². The zero-order chi connectivity index (χ0) is 12.8. The number of rotatable bonds is 5. The predicted octanol–water partition coefficient (Wildman–Crippen LogP) is 3.52. The highest BCUT2D eigenvalue weighted by atomic mass is 35.5. The summed E-state index contributed by atoms with van der Waals surface area (Å²) in [4.78, 5) is 11.8. The minimum atomic E-state index is -0.387. The molecule has 0 fully saturated rings. The first-order valence-corrected chi connectivity index (χ1v) is 6.18. The molecular formula is C13H18ClNO2. The maximum atomic E-state index is 11.8. The number of benzene rings is 1. The number of hydrogen-bond acceptors (Lipinski definition) is 3. The second kappa shape index (κ2) is 6.50. The maximum absolute atomic E-state index is 11.8. The number of ether oxygens (including phenoxy) is 1. The van der Waals surface area contributed by atoms with E-state index in [4.69, 9.17) is 22.1 Å². The van der Waals surface area contributed by atoms with Crippen LogP contribution in [-0.2, 0) is 4.74 Å². The third-order valence-corrected chi connectivity index (χ3v) is 3.13. The number of halogens is 1. The Balaban J connectivity index is 2.64. The highest BCUT2D eigenvalue weighted by molar-refractivity contribution is 6.33. The highest BCUT2D eigenvalue weighted by Gasteiger charge is 2.13. The zero-order valence-corrected chi connectivity index (χ0v) is 11.0. The van der Waals surface area contributed by atoms with Crippen molar-refractivity contribution >= 4 is 23.3 Å². The Morgan fingerprint density at radius 2 is 2.06 bits per heavy atom. The van der Waals surface area contributed by atoms with Crippen LogP contribution >= 0.6 is 11.6 Å². The average molecular weight is 256 g/mol. The van der Waals surface area contributed by atoms with E-state index in [9.17, 15) is 4.79 Å². The second-order valence-corrected chi connectivity index (χ2v) is 4.43. The molecular weight excluding hydrogens is 238 g/mol. The van der Waals surface area contributed by atoms with E-state index in [-0.39, 0.29) is 5.97 Å². The number of nitrogens with two attached hydrogens (primary N) is 1. The summed E-state index contributed by atoms with van der Waals surface area (Å²) in [5.41, 5.74) is 6.46. The van der Waals surface area contributed by atoms with E-state index in [1.165, 1.54) is 0 Å². The van der Waals surface area contributed by atoms with E-state index in [1.54, 1.807) is 18.2 Å². The standard InChI is InChI=1S/C13H18ClNO2/c1-3-9(4-2)8-17-13(16)11-6-5-10(15)7-12(11)14/h5-7,9H,3-4,8,15H2,1-2H3. The lowest BCUT2D eigenvalue weighted by atomic mass is 10.1. The van der Waals surface area contributed by atoms with Gasteiger partial charge in [-0.15, -0.1) is 0 Å². The van der Waals surface area contributed by atoms with Gasteiger partial charge >= 0.3 is 5.97 Å². The van der Waals surface area contributed by atoms with Crippen LogP contribution in [0.2, 0.25) is 5.02 Å². The van der Waals surface area contributed by atoms with Crippen molar-refractivity contribution in [2.75, 3.05) is 12.3 Å². The van der Waals surface area contributed by atoms with Crippen LogP contribution in [-0.4, -0.2) is 12.6 Å². The minimum Gasteiger partial charge on any atom is -0.462 e. The third kappa shape index (κ3) is 3.93. The van der Waals surface area contributed by atoms with Gasteiger partial charge in [-0.05, 0) is 24.1 Å². The molecule has 0 aliphatic rings. The van der Waals surface area contributed by atoms with Crippen LogP contribution in [0.4, 0.5) is 5.69 Å². The first-order valence-electron chi connectivity index (χ1n) is 5.80. The molecule has 1 aromatic rings. The number of anilines is 1. The number of hydrogen-bond donors (Lipinski definition) is 1. The van der Waals surface area contributed by atoms with Crippen LogP contribution in [0.15, 0.2) is 18.2 Å². The molecule has 0 aliphatic carbocycles. The molecule has 0 saturated heterocycles. The Kier molecular flexibility index (Phi) is 5.29. The highest BCUT2D eigenvalue weighted by Crippen LogP contribution is 2.20. The van der Waals surface area contributed by atoms with Gasteiger partial charge in [0.1, 0.15) is 0 Å². The fraction of sp³-hybridized carbons (Fsp3) is 0.462. The third-order valence-electron chi connectivity index (χ3n) is 2.82. The molecule has 3 nitrogen and oxygen atoms in total. The van der Waals surface area contributed by atoms with Crippen molar-refractivity contribution in [3.63, 3.8) is 0 Å². The van der Waals surface area contributed by atoms with Gasteiger partial charge in [-0.25, -0.2) is 4.79 Å². The Hall–Kier alpha value is -1.22. The van der Waals surface area contributed by atoms with Crippen molar-refractivity contribution in [2.45, 2.75) is 26.7 Å². The average Bonchev–Trinajstić information content (AvgIpc) is 2.30. The number of carbonyl (C=O) groups excluding carboxylic acids is 1. The molecule has 0 bridgehead atoms. The summed E-state index contributed by atoms with van der Waals surface area (Å²) in [6.45, 7) is 4.60. The lowest BCUT2D eigenvalue weighted by molar-refractivity contribution is 0.0433. The van der Waals surface area contributed by atoms with Gasteiger partial charge in [-0.2, -0.15) is 0 Å². The van der Waals surface area contributed by atoms with Gasteiger partial charge in [-0.1, -0.05) is 38.3 Å². The Labute approximate surface area is 107 Å². The summed E-state index contributed by atoms with van der Waals surface area (Å²) in [7, 11) is 0. The lowest BCUT2D eigenvalue weighted by Crippen LogP contribution is -2.13. The van der Waals surface area contributed by atoms with Crippen LogP contribution in [0.1, 0.15) is 37.0 Å². The van der Waals surface area contributed by atoms with Crippen LogP contribution in [0.25, 0.3) is 0 Å². The molecule has 0 radical (unpaired) electrons. The fourth-order valence-electron chi connectivity index (χ4n) is 1.49. The molecule has 0 saturated carbocycles. The molecule has 4 heteroatoms. The van der Waals surface area contributed by atoms with Crippen LogP contribution in [0.3, 0.4) is 0 Å². The predicted molar refractivity (Wildman–Crippen MR) is 70.2 cm³/mol. The first kappa shape index (κ1) is 13.8. The molecule has 0 amide bonds. The smallest absolute Gasteiger partial charge is 0.339 e. The largest absolute Gasteiger partial charge is 0.462 e. The van der Waals surface area contributed by atoms with Gasteiger partial charge < -0.3 is 10.5 Å². The second-order valence-electron chi connectivity index (χ2n) is 4.02. The number of nitrogen functional groups attached to an aromatic ring is 1. The fourth-order valence-corrected chi connectivity index (χ4v) is 1.76. The van der Waals surface area contributed by atoms with Crippen molar-refractivity contribution in [3.05, 3.63) is 28.8 Å². The van der Waals surface area contributed by atoms with Gasteiger partial charge in [0.05, 0.1) is 17.2 Å². The lowest BCUT2D eigenvalue weighted by Gasteiger charge is -2.13. The molecule has 0 atom stereocenters. The molecule has 0 heterocycles. The van der Waals surface area contributed by atoms with Crippen molar-refractivity contribution in [3.8, 4) is 0 Å². The molecule has 0 aliphatic heterocycles. The summed E-state index contributed by atoms with van der Waals surface area (Å²) >= 11 is 5.93. The van der Waals surface area contributed by atoms with Crippen LogP contribution in [0, 0.1) is 5.92 Å². The summed E-state index contributed by atoms with van der Waals surface area (Å²) in [6, 6.07) is 4.78. The topological polar surface area (TPSA) is 52.3 Å². The van der Waals surface area contributed by atoms with E-state index in [1.807, 2.05) is 0 Å². The van der Waals surface area contributed by atoms with Gasteiger partial charge in [0, 0.05) is 5.69 Å². The Morgan fingerprint density at radius 1 is 1.41 bits per heavy atom. The quantitative estimate of drug-likeness (QED) is 0.647. The molecule has 0 spiro atoms. The molecule has 2 N–H and O–H groups in total. The van der Waals surface area contributed by atoms with Crippen molar-refractivity contribution in [1.29, 1.82) is 0 Å². The maximum Gasteiger partial charge on any atom is 0.339 e. The molecule has 1 aromatic carbocycles. The SMILES string of the molecule is CCC(CC)COC(=O)c1ccc(N)cc1Cl. The summed E-state index contributed by atoms with van der Waals surface area (Å²) in [5.74, 6) is 0.0217. The van der Waals surface area contributed by atoms with E-state index in [0.717, 1.165) is 12.8 Å². The summed E-state index contributed by atoms with van der Waals surface area (Å²) in [6.07, 6.45) is 2.00. The van der Waals surface area contributed by atoms with Crippen LogP contribution in [0.5, 0.6) is 0 Å². The van der Waals surface area contributed by atoms with Gasteiger partial charge in [0.15, 0.2) is 0 Å². The summed E-state index contributed by atoms with van der Waals surface area (Å²) < 4.78 is 5.23. The van der Waals surface area contributed by atoms with E-state index >= 15 is 0 Å². The molecule has 17 heavy (non-hydrogen) atoms. The first-order chi connectivity index (χ1) is 8.08. The number of carbonyl (C=O) groups is 1. The van der Waals surface area contributed by atoms with Crippen molar-refractivity contribution in [1.82, 2.24) is 0 Å². The molecule has 0 aromatic heterocycles. The van der Waals surface area contributed by atoms with E-state index in [0.29, 0.717) is 28.8 Å². The van der Waals surface area contributed by atoms with E-state index in [2.05, 4.69) is 13.8 Å². The minimum absolute atomic E-state index is 0.333.